The number of thioether (sulfide) groups is 1. The summed E-state index contributed by atoms with van der Waals surface area (Å²) in [4.78, 5) is 14.1. The topological polar surface area (TPSA) is 46.1 Å². The number of nitrogens with zero attached hydrogens (tertiary/aromatic N) is 3. The van der Waals surface area contributed by atoms with Crippen molar-refractivity contribution in [3.8, 4) is 11.3 Å². The van der Waals surface area contributed by atoms with Crippen molar-refractivity contribution in [3.05, 3.63) is 54.3 Å². The van der Waals surface area contributed by atoms with Crippen LogP contribution in [0.1, 0.15) is 13.8 Å². The average molecular weight is 369 g/mol. The van der Waals surface area contributed by atoms with Gasteiger partial charge in [0.2, 0.25) is 5.91 Å². The molecule has 3 rings (SSSR count). The van der Waals surface area contributed by atoms with Crippen LogP contribution in [0.15, 0.2) is 53.6 Å². The van der Waals surface area contributed by atoms with Gasteiger partial charge in [-0.3, -0.25) is 4.79 Å². The maximum absolute atomic E-state index is 13.2. The highest BCUT2D eigenvalue weighted by atomic mass is 32.2. The van der Waals surface area contributed by atoms with E-state index in [4.69, 9.17) is 0 Å². The zero-order valence-electron chi connectivity index (χ0n) is 14.8. The van der Waals surface area contributed by atoms with E-state index in [1.54, 1.807) is 17.0 Å². The van der Waals surface area contributed by atoms with Crippen LogP contribution in [0.3, 0.4) is 0 Å². The van der Waals surface area contributed by atoms with Crippen molar-refractivity contribution in [3.63, 3.8) is 0 Å². The molecule has 0 saturated carbocycles. The number of rotatable bonds is 6. The third-order valence-electron chi connectivity index (χ3n) is 4.22. The second-order valence-electron chi connectivity index (χ2n) is 5.76. The predicted molar refractivity (Wildman–Crippen MR) is 104 cm³/mol. The molecular formula is C20H20FN3OS. The van der Waals surface area contributed by atoms with Crippen molar-refractivity contribution in [2.45, 2.75) is 18.9 Å². The SMILES string of the molecule is CCN(CC)C(=O)CSc1nnc(-c2ccc(F)cc2)c2ccccc12. The van der Waals surface area contributed by atoms with E-state index < -0.39 is 0 Å². The molecule has 6 heteroatoms. The van der Waals surface area contributed by atoms with Gasteiger partial charge in [0.25, 0.3) is 0 Å². The van der Waals surface area contributed by atoms with Gasteiger partial charge in [0, 0.05) is 29.4 Å². The predicted octanol–water partition coefficient (Wildman–Crippen LogP) is 4.40. The molecule has 1 aromatic heterocycles. The first-order valence-electron chi connectivity index (χ1n) is 8.56. The first-order valence-corrected chi connectivity index (χ1v) is 9.54. The molecule has 0 fully saturated rings. The summed E-state index contributed by atoms with van der Waals surface area (Å²) >= 11 is 1.40. The van der Waals surface area contributed by atoms with Crippen LogP contribution in [0.4, 0.5) is 4.39 Å². The minimum Gasteiger partial charge on any atom is -0.343 e. The van der Waals surface area contributed by atoms with Crippen LogP contribution in [0.25, 0.3) is 22.0 Å². The van der Waals surface area contributed by atoms with Gasteiger partial charge in [-0.25, -0.2) is 4.39 Å². The zero-order chi connectivity index (χ0) is 18.5. The number of carbonyl (C=O) groups is 1. The number of benzene rings is 2. The van der Waals surface area contributed by atoms with E-state index >= 15 is 0 Å². The summed E-state index contributed by atoms with van der Waals surface area (Å²) in [6.07, 6.45) is 0. The summed E-state index contributed by atoms with van der Waals surface area (Å²) in [6.45, 7) is 5.34. The van der Waals surface area contributed by atoms with Gasteiger partial charge in [0.15, 0.2) is 0 Å². The third kappa shape index (κ3) is 3.85. The van der Waals surface area contributed by atoms with Crippen LogP contribution < -0.4 is 0 Å². The fourth-order valence-corrected chi connectivity index (χ4v) is 3.68. The van der Waals surface area contributed by atoms with Crippen molar-refractivity contribution in [1.29, 1.82) is 0 Å². The molecule has 0 radical (unpaired) electrons. The quantitative estimate of drug-likeness (QED) is 0.604. The highest BCUT2D eigenvalue weighted by molar-refractivity contribution is 8.00. The first-order chi connectivity index (χ1) is 12.6. The van der Waals surface area contributed by atoms with Crippen molar-refractivity contribution < 1.29 is 9.18 Å². The zero-order valence-corrected chi connectivity index (χ0v) is 15.6. The molecule has 0 N–H and O–H groups in total. The van der Waals surface area contributed by atoms with E-state index in [0.717, 1.165) is 21.4 Å². The lowest BCUT2D eigenvalue weighted by Crippen LogP contribution is -2.31. The number of aromatic nitrogens is 2. The summed E-state index contributed by atoms with van der Waals surface area (Å²) in [5.74, 6) is 0.137. The number of hydrogen-bond acceptors (Lipinski definition) is 4. The minimum atomic E-state index is -0.284. The molecule has 0 spiro atoms. The van der Waals surface area contributed by atoms with Crippen LogP contribution in [0.5, 0.6) is 0 Å². The molecule has 1 heterocycles. The van der Waals surface area contributed by atoms with Gasteiger partial charge in [-0.2, -0.15) is 0 Å². The number of fused-ring (bicyclic) bond motifs is 1. The van der Waals surface area contributed by atoms with E-state index in [0.29, 0.717) is 24.5 Å². The Morgan fingerprint density at radius 2 is 1.65 bits per heavy atom. The summed E-state index contributed by atoms with van der Waals surface area (Å²) in [6, 6.07) is 14.0. The summed E-state index contributed by atoms with van der Waals surface area (Å²) in [7, 11) is 0. The minimum absolute atomic E-state index is 0.0912. The molecule has 0 aliphatic heterocycles. The van der Waals surface area contributed by atoms with Crippen molar-refractivity contribution in [2.24, 2.45) is 0 Å². The van der Waals surface area contributed by atoms with Crippen LogP contribution >= 0.6 is 11.8 Å². The van der Waals surface area contributed by atoms with Gasteiger partial charge in [0.05, 0.1) is 5.75 Å². The van der Waals surface area contributed by atoms with E-state index in [-0.39, 0.29) is 11.7 Å². The van der Waals surface area contributed by atoms with Gasteiger partial charge >= 0.3 is 0 Å². The fourth-order valence-electron chi connectivity index (χ4n) is 2.80. The Morgan fingerprint density at radius 1 is 1.00 bits per heavy atom. The molecule has 0 aliphatic rings. The lowest BCUT2D eigenvalue weighted by atomic mass is 10.1. The van der Waals surface area contributed by atoms with Crippen molar-refractivity contribution in [2.75, 3.05) is 18.8 Å². The summed E-state index contributed by atoms with van der Waals surface area (Å²) in [5.41, 5.74) is 1.52. The monoisotopic (exact) mass is 369 g/mol. The lowest BCUT2D eigenvalue weighted by Gasteiger charge is -2.18. The van der Waals surface area contributed by atoms with E-state index in [9.17, 15) is 9.18 Å². The Labute approximate surface area is 156 Å². The van der Waals surface area contributed by atoms with Crippen LogP contribution in [-0.4, -0.2) is 39.8 Å². The Hall–Kier alpha value is -2.47. The normalized spacial score (nSPS) is 10.9. The highest BCUT2D eigenvalue weighted by Gasteiger charge is 2.14. The molecule has 0 aliphatic carbocycles. The molecule has 134 valence electrons. The van der Waals surface area contributed by atoms with Gasteiger partial charge in [-0.15, -0.1) is 10.2 Å². The van der Waals surface area contributed by atoms with E-state index in [2.05, 4.69) is 10.2 Å². The second-order valence-corrected chi connectivity index (χ2v) is 6.72. The maximum Gasteiger partial charge on any atom is 0.232 e. The molecule has 0 saturated heterocycles. The Balaban J connectivity index is 1.93. The van der Waals surface area contributed by atoms with Gasteiger partial charge in [0.1, 0.15) is 16.5 Å². The van der Waals surface area contributed by atoms with E-state index in [1.807, 2.05) is 38.1 Å². The number of amides is 1. The molecule has 26 heavy (non-hydrogen) atoms. The average Bonchev–Trinajstić information content (AvgIpc) is 2.68. The van der Waals surface area contributed by atoms with Gasteiger partial charge in [-0.05, 0) is 38.1 Å². The molecule has 0 atom stereocenters. The van der Waals surface area contributed by atoms with Gasteiger partial charge in [-0.1, -0.05) is 36.0 Å². The maximum atomic E-state index is 13.2. The van der Waals surface area contributed by atoms with Gasteiger partial charge < -0.3 is 4.90 Å². The molecule has 2 aromatic carbocycles. The van der Waals surface area contributed by atoms with Crippen molar-refractivity contribution >= 4 is 28.4 Å². The van der Waals surface area contributed by atoms with Crippen LogP contribution in [0, 0.1) is 5.82 Å². The fraction of sp³-hybridized carbons (Fsp3) is 0.250. The van der Waals surface area contributed by atoms with Crippen molar-refractivity contribution in [1.82, 2.24) is 15.1 Å². The van der Waals surface area contributed by atoms with Crippen LogP contribution in [0.2, 0.25) is 0 Å². The second kappa shape index (κ2) is 8.27. The molecule has 0 bridgehead atoms. The smallest absolute Gasteiger partial charge is 0.232 e. The Bertz CT molecular complexity index is 911. The molecule has 0 unspecified atom stereocenters. The van der Waals surface area contributed by atoms with E-state index in [1.165, 1.54) is 23.9 Å². The summed E-state index contributed by atoms with van der Waals surface area (Å²) in [5, 5.41) is 11.3. The largest absolute Gasteiger partial charge is 0.343 e. The molecule has 3 aromatic rings. The highest BCUT2D eigenvalue weighted by Crippen LogP contribution is 2.31. The third-order valence-corrected chi connectivity index (χ3v) is 5.19. The molecule has 4 nitrogen and oxygen atoms in total. The lowest BCUT2D eigenvalue weighted by molar-refractivity contribution is -0.127. The van der Waals surface area contributed by atoms with Crippen LogP contribution in [-0.2, 0) is 4.79 Å². The Morgan fingerprint density at radius 3 is 2.31 bits per heavy atom. The Kier molecular flexibility index (Phi) is 5.83. The standard InChI is InChI=1S/C20H20FN3OS/c1-3-24(4-2)18(25)13-26-20-17-8-6-5-7-16(17)19(22-23-20)14-9-11-15(21)12-10-14/h5-12H,3-4,13H2,1-2H3. The first kappa shape index (κ1) is 18.3. The molecular weight excluding hydrogens is 349 g/mol. The number of carbonyl (C=O) groups excluding carboxylic acids is 1. The molecule has 1 amide bonds. The number of hydrogen-bond donors (Lipinski definition) is 0. The number of halogens is 1. The summed E-state index contributed by atoms with van der Waals surface area (Å²) < 4.78 is 13.2.